The van der Waals surface area contributed by atoms with Crippen LogP contribution in [0.2, 0.25) is 0 Å². The third-order valence-electron chi connectivity index (χ3n) is 7.98. The number of hydrogen-bond acceptors (Lipinski definition) is 7. The predicted octanol–water partition coefficient (Wildman–Crippen LogP) is 3.76. The molecule has 2 amide bonds. The Hall–Kier alpha value is -3.53. The van der Waals surface area contributed by atoms with E-state index >= 15 is 0 Å². The van der Waals surface area contributed by atoms with E-state index < -0.39 is 0 Å². The van der Waals surface area contributed by atoms with Crippen molar-refractivity contribution in [2.45, 2.75) is 57.2 Å². The summed E-state index contributed by atoms with van der Waals surface area (Å²) in [6.45, 7) is 5.16. The van der Waals surface area contributed by atoms with Gasteiger partial charge in [0.05, 0.1) is 5.52 Å². The number of aromatic nitrogens is 1. The number of fused-ring (bicyclic) bond motifs is 1. The van der Waals surface area contributed by atoms with Crippen LogP contribution in [0.25, 0.3) is 10.9 Å². The van der Waals surface area contributed by atoms with Crippen LogP contribution in [0.3, 0.4) is 0 Å². The fourth-order valence-electron chi connectivity index (χ4n) is 5.84. The summed E-state index contributed by atoms with van der Waals surface area (Å²) in [6.07, 6.45) is 3.35. The molecule has 0 spiro atoms. The Bertz CT molecular complexity index is 1300. The zero-order chi connectivity index (χ0) is 27.2. The molecule has 0 unspecified atom stereocenters. The predicted molar refractivity (Wildman–Crippen MR) is 147 cm³/mol. The van der Waals surface area contributed by atoms with Gasteiger partial charge in [-0.3, -0.25) is 24.7 Å². The van der Waals surface area contributed by atoms with Crippen LogP contribution >= 0.6 is 0 Å². The quantitative estimate of drug-likeness (QED) is 0.299. The van der Waals surface area contributed by atoms with Crippen LogP contribution in [0.4, 0.5) is 0 Å². The molecule has 0 radical (unpaired) electrons. The highest BCUT2D eigenvalue weighted by molar-refractivity contribution is 5.94. The summed E-state index contributed by atoms with van der Waals surface area (Å²) < 4.78 is 11.6. The van der Waals surface area contributed by atoms with Gasteiger partial charge in [0.1, 0.15) is 12.4 Å². The van der Waals surface area contributed by atoms with Crippen LogP contribution in [0.5, 0.6) is 5.75 Å². The van der Waals surface area contributed by atoms with Crippen molar-refractivity contribution in [1.29, 1.82) is 0 Å². The van der Waals surface area contributed by atoms with Gasteiger partial charge in [0.25, 0.3) is 5.91 Å². The van der Waals surface area contributed by atoms with Gasteiger partial charge in [-0.05, 0) is 69.0 Å². The zero-order valence-corrected chi connectivity index (χ0v) is 22.3. The number of ether oxygens (including phenoxy) is 2. The fraction of sp³-hybridized carbons (Fsp3) is 0.433. The molecule has 0 saturated carbocycles. The van der Waals surface area contributed by atoms with Gasteiger partial charge in [-0.25, -0.2) is 5.48 Å². The molecule has 2 saturated heterocycles. The maximum atomic E-state index is 12.9. The van der Waals surface area contributed by atoms with Gasteiger partial charge < -0.3 is 14.8 Å². The van der Waals surface area contributed by atoms with E-state index in [0.29, 0.717) is 31.1 Å². The van der Waals surface area contributed by atoms with E-state index in [2.05, 4.69) is 15.2 Å². The number of aryl methyl sites for hydroxylation is 1. The molecule has 2 aliphatic heterocycles. The number of nitrogens with one attached hydrogen (secondary N) is 2. The number of nitrogens with zero attached hydrogens (tertiary/aromatic N) is 2. The van der Waals surface area contributed by atoms with E-state index in [-0.39, 0.29) is 29.8 Å². The highest BCUT2D eigenvalue weighted by Crippen LogP contribution is 2.34. The molecular weight excluding hydrogens is 496 g/mol. The second-order valence-electron chi connectivity index (χ2n) is 10.5. The lowest BCUT2D eigenvalue weighted by Gasteiger charge is -2.48. The molecule has 0 aliphatic carbocycles. The van der Waals surface area contributed by atoms with Crippen LogP contribution in [-0.4, -0.2) is 64.8 Å². The molecule has 39 heavy (non-hydrogen) atoms. The van der Waals surface area contributed by atoms with Gasteiger partial charge in [-0.1, -0.05) is 18.2 Å². The molecule has 2 aliphatic rings. The maximum absolute atomic E-state index is 12.9. The number of likely N-dealkylation sites (tertiary alicyclic amines) is 1. The van der Waals surface area contributed by atoms with Crippen molar-refractivity contribution >= 4 is 22.7 Å². The summed E-state index contributed by atoms with van der Waals surface area (Å²) in [5, 5.41) is 13.3. The highest BCUT2D eigenvalue weighted by Gasteiger charge is 2.41. The van der Waals surface area contributed by atoms with Crippen molar-refractivity contribution in [3.05, 3.63) is 71.4 Å². The van der Waals surface area contributed by atoms with Crippen molar-refractivity contribution < 1.29 is 24.3 Å². The van der Waals surface area contributed by atoms with Crippen LogP contribution in [-0.2, 0) is 16.1 Å². The number of hydrogen-bond donors (Lipinski definition) is 3. The molecule has 1 aromatic heterocycles. The summed E-state index contributed by atoms with van der Waals surface area (Å²) in [5.74, 6) is 0.229. The topological polar surface area (TPSA) is 113 Å². The minimum Gasteiger partial charge on any atom is -0.489 e. The summed E-state index contributed by atoms with van der Waals surface area (Å²) in [6, 6.07) is 17.4. The third kappa shape index (κ3) is 6.38. The first kappa shape index (κ1) is 27.1. The second-order valence-corrected chi connectivity index (χ2v) is 10.5. The number of piperidine rings is 1. The van der Waals surface area contributed by atoms with E-state index in [1.165, 1.54) is 0 Å². The Balaban J connectivity index is 1.14. The average Bonchev–Trinajstić information content (AvgIpc) is 2.96. The SMILES string of the molecule is Cc1cc(COc2ccc(C(=O)NC3CCN(C4(CC(=O)NO)CCOCC4)CC3)cc2)c2ccccc2n1. The van der Waals surface area contributed by atoms with Gasteiger partial charge in [-0.2, -0.15) is 0 Å². The number of pyridine rings is 1. The van der Waals surface area contributed by atoms with E-state index in [9.17, 15) is 9.59 Å². The lowest BCUT2D eigenvalue weighted by atomic mass is 9.82. The number of carbonyl (C=O) groups excluding carboxylic acids is 2. The smallest absolute Gasteiger partial charge is 0.251 e. The van der Waals surface area contributed by atoms with E-state index in [1.54, 1.807) is 17.6 Å². The van der Waals surface area contributed by atoms with Crippen LogP contribution in [0, 0.1) is 6.92 Å². The molecule has 0 atom stereocenters. The van der Waals surface area contributed by atoms with Gasteiger partial charge in [0.15, 0.2) is 0 Å². The van der Waals surface area contributed by atoms with Crippen molar-refractivity contribution in [3.63, 3.8) is 0 Å². The molecule has 206 valence electrons. The number of amides is 2. The molecule has 0 bridgehead atoms. The molecule has 3 N–H and O–H groups in total. The first-order valence-electron chi connectivity index (χ1n) is 13.6. The van der Waals surface area contributed by atoms with E-state index in [1.807, 2.05) is 49.4 Å². The number of carbonyl (C=O) groups is 2. The molecule has 9 nitrogen and oxygen atoms in total. The molecule has 9 heteroatoms. The summed E-state index contributed by atoms with van der Waals surface area (Å²) in [4.78, 5) is 31.9. The Kier molecular flexibility index (Phi) is 8.40. The number of hydroxylamine groups is 1. The Morgan fingerprint density at radius 2 is 1.82 bits per heavy atom. The molecule has 5 rings (SSSR count). The average molecular weight is 533 g/mol. The number of rotatable bonds is 8. The highest BCUT2D eigenvalue weighted by atomic mass is 16.5. The molecule has 3 aromatic rings. The Morgan fingerprint density at radius 1 is 1.10 bits per heavy atom. The normalized spacial score (nSPS) is 18.0. The first-order chi connectivity index (χ1) is 19.0. The molecule has 3 heterocycles. The maximum Gasteiger partial charge on any atom is 0.251 e. The van der Waals surface area contributed by atoms with Crippen LogP contribution in [0.15, 0.2) is 54.6 Å². The van der Waals surface area contributed by atoms with Crippen molar-refractivity contribution in [2.24, 2.45) is 0 Å². The summed E-state index contributed by atoms with van der Waals surface area (Å²) in [5.41, 5.74) is 5.04. The third-order valence-corrected chi connectivity index (χ3v) is 7.98. The zero-order valence-electron chi connectivity index (χ0n) is 22.3. The lowest BCUT2D eigenvalue weighted by Crippen LogP contribution is -2.58. The van der Waals surface area contributed by atoms with Gasteiger partial charge in [-0.15, -0.1) is 0 Å². The van der Waals surface area contributed by atoms with Crippen molar-refractivity contribution in [3.8, 4) is 5.75 Å². The van der Waals surface area contributed by atoms with Crippen molar-refractivity contribution in [1.82, 2.24) is 20.7 Å². The largest absolute Gasteiger partial charge is 0.489 e. The monoisotopic (exact) mass is 532 g/mol. The van der Waals surface area contributed by atoms with E-state index in [4.69, 9.17) is 14.7 Å². The minimum atomic E-state index is -0.371. The molecule has 2 fully saturated rings. The summed E-state index contributed by atoms with van der Waals surface area (Å²) >= 11 is 0. The van der Waals surface area contributed by atoms with Crippen molar-refractivity contribution in [2.75, 3.05) is 26.3 Å². The Morgan fingerprint density at radius 3 is 2.54 bits per heavy atom. The number of para-hydroxylation sites is 1. The first-order valence-corrected chi connectivity index (χ1v) is 13.6. The van der Waals surface area contributed by atoms with Crippen LogP contribution in [0.1, 0.15) is 53.7 Å². The fourth-order valence-corrected chi connectivity index (χ4v) is 5.84. The van der Waals surface area contributed by atoms with E-state index in [0.717, 1.165) is 60.9 Å². The Labute approximate surface area is 228 Å². The number of benzene rings is 2. The molecule has 2 aromatic carbocycles. The minimum absolute atomic E-state index is 0.0662. The molecular formula is C30H36N4O5. The lowest BCUT2D eigenvalue weighted by molar-refractivity contribution is -0.135. The van der Waals surface area contributed by atoms with Gasteiger partial charge >= 0.3 is 0 Å². The van der Waals surface area contributed by atoms with Crippen LogP contribution < -0.4 is 15.5 Å². The standard InChI is InChI=1S/C30H36N4O5/c1-21-18-23(26-4-2-3-5-27(26)31-21)20-39-25-8-6-22(7-9-25)29(36)32-24-10-14-34(15-11-24)30(19-28(35)33-37)12-16-38-17-13-30/h2-9,18,24,37H,10-17,19-20H2,1H3,(H,32,36)(H,33,35). The summed E-state index contributed by atoms with van der Waals surface area (Å²) in [7, 11) is 0. The van der Waals surface area contributed by atoms with Gasteiger partial charge in [0, 0.05) is 66.5 Å². The van der Waals surface area contributed by atoms with Gasteiger partial charge in [0.2, 0.25) is 5.91 Å². The second kappa shape index (κ2) is 12.1.